The van der Waals surface area contributed by atoms with Gasteiger partial charge in [0.1, 0.15) is 5.82 Å². The number of carbonyl (C=O) groups excluding carboxylic acids is 1. The van der Waals surface area contributed by atoms with E-state index in [1.54, 1.807) is 30.3 Å². The molecule has 2 aromatic rings. The molecule has 1 aliphatic rings. The summed E-state index contributed by atoms with van der Waals surface area (Å²) in [7, 11) is 0. The lowest BCUT2D eigenvalue weighted by molar-refractivity contribution is -0.131. The van der Waals surface area contributed by atoms with Crippen LogP contribution in [-0.4, -0.2) is 35.0 Å². The number of nitrogens with zero attached hydrogens (tertiary/aromatic N) is 1. The van der Waals surface area contributed by atoms with Crippen molar-refractivity contribution < 1.29 is 19.1 Å². The Labute approximate surface area is 157 Å². The van der Waals surface area contributed by atoms with Crippen LogP contribution in [0.5, 0.6) is 0 Å². The second kappa shape index (κ2) is 8.62. The summed E-state index contributed by atoms with van der Waals surface area (Å²) in [6.45, 7) is 1.28. The number of hydrogen-bond acceptors (Lipinski definition) is 2. The van der Waals surface area contributed by atoms with Gasteiger partial charge in [-0.2, -0.15) is 0 Å². The zero-order valence-corrected chi connectivity index (χ0v) is 15.0. The van der Waals surface area contributed by atoms with E-state index in [0.29, 0.717) is 31.5 Å². The van der Waals surface area contributed by atoms with Gasteiger partial charge in [0.25, 0.3) is 0 Å². The number of aromatic carboxylic acids is 1. The molecule has 4 nitrogen and oxygen atoms in total. The Morgan fingerprint density at radius 2 is 1.81 bits per heavy atom. The van der Waals surface area contributed by atoms with Crippen molar-refractivity contribution in [1.82, 2.24) is 4.90 Å². The lowest BCUT2D eigenvalue weighted by atomic mass is 9.99. The number of carboxylic acid groups (broad SMARTS) is 1. The van der Waals surface area contributed by atoms with Gasteiger partial charge < -0.3 is 10.0 Å². The minimum absolute atomic E-state index is 0.0417. The minimum Gasteiger partial charge on any atom is -0.478 e. The molecule has 0 aliphatic carbocycles. The van der Waals surface area contributed by atoms with Gasteiger partial charge in [0, 0.05) is 19.5 Å². The zero-order valence-electron chi connectivity index (χ0n) is 15.0. The van der Waals surface area contributed by atoms with Gasteiger partial charge in [0.15, 0.2) is 0 Å². The maximum absolute atomic E-state index is 13.3. The Kier molecular flexibility index (Phi) is 6.01. The number of aryl methyl sites for hydroxylation is 1. The third-order valence-electron chi connectivity index (χ3n) is 4.83. The topological polar surface area (TPSA) is 57.6 Å². The lowest BCUT2D eigenvalue weighted by Gasteiger charge is -2.28. The van der Waals surface area contributed by atoms with Crippen LogP contribution < -0.4 is 0 Å². The first-order valence-corrected chi connectivity index (χ1v) is 9.07. The summed E-state index contributed by atoms with van der Waals surface area (Å²) >= 11 is 0. The number of hydrogen-bond donors (Lipinski definition) is 1. The van der Waals surface area contributed by atoms with Gasteiger partial charge in [-0.1, -0.05) is 42.0 Å². The fourth-order valence-electron chi connectivity index (χ4n) is 3.37. The van der Waals surface area contributed by atoms with Gasteiger partial charge in [0.2, 0.25) is 5.91 Å². The Hall–Kier alpha value is -2.95. The number of amides is 1. The van der Waals surface area contributed by atoms with Crippen LogP contribution in [0, 0.1) is 5.82 Å². The van der Waals surface area contributed by atoms with Crippen LogP contribution in [0.2, 0.25) is 0 Å². The maximum Gasteiger partial charge on any atom is 0.335 e. The fraction of sp³-hybridized carbons (Fsp3) is 0.273. The molecule has 5 heteroatoms. The molecule has 1 amide bonds. The third-order valence-corrected chi connectivity index (χ3v) is 4.83. The Morgan fingerprint density at radius 3 is 2.52 bits per heavy atom. The number of carboxylic acids is 1. The number of rotatable bonds is 5. The van der Waals surface area contributed by atoms with Crippen molar-refractivity contribution >= 4 is 18.0 Å². The molecule has 1 aliphatic heterocycles. The molecule has 0 radical (unpaired) electrons. The van der Waals surface area contributed by atoms with Crippen molar-refractivity contribution in [3.63, 3.8) is 0 Å². The van der Waals surface area contributed by atoms with Crippen LogP contribution in [0.15, 0.2) is 54.1 Å². The average molecular weight is 367 g/mol. The predicted molar refractivity (Wildman–Crippen MR) is 102 cm³/mol. The standard InChI is InChI=1S/C22H22FNO3/c23-19-6-3-4-17(15-19)14-16-10-12-24(13-11-16)21(25)9-8-18-5-1-2-7-20(18)22(26)27/h1-7,14-15H,8-13H2,(H,26,27). The molecule has 1 fully saturated rings. The molecule has 27 heavy (non-hydrogen) atoms. The van der Waals surface area contributed by atoms with E-state index in [1.165, 1.54) is 17.7 Å². The molecule has 0 saturated carbocycles. The molecular weight excluding hydrogens is 345 g/mol. The zero-order chi connectivity index (χ0) is 19.2. The molecule has 0 aromatic heterocycles. The highest BCUT2D eigenvalue weighted by atomic mass is 19.1. The summed E-state index contributed by atoms with van der Waals surface area (Å²) in [5.41, 5.74) is 2.99. The summed E-state index contributed by atoms with van der Waals surface area (Å²) < 4.78 is 13.3. The summed E-state index contributed by atoms with van der Waals surface area (Å²) in [6, 6.07) is 13.3. The second-order valence-corrected chi connectivity index (χ2v) is 6.70. The molecule has 1 heterocycles. The van der Waals surface area contributed by atoms with Crippen LogP contribution >= 0.6 is 0 Å². The first-order valence-electron chi connectivity index (χ1n) is 9.07. The Balaban J connectivity index is 1.54. The van der Waals surface area contributed by atoms with Crippen molar-refractivity contribution in [2.45, 2.75) is 25.7 Å². The number of halogens is 1. The quantitative estimate of drug-likeness (QED) is 0.863. The SMILES string of the molecule is O=C(O)c1ccccc1CCC(=O)N1CCC(=Cc2cccc(F)c2)CC1. The van der Waals surface area contributed by atoms with E-state index in [9.17, 15) is 19.1 Å². The fourth-order valence-corrected chi connectivity index (χ4v) is 3.37. The van der Waals surface area contributed by atoms with Gasteiger partial charge in [-0.15, -0.1) is 0 Å². The minimum atomic E-state index is -0.969. The normalized spacial score (nSPS) is 14.1. The van der Waals surface area contributed by atoms with Crippen molar-refractivity contribution in [3.05, 3.63) is 76.6 Å². The molecular formula is C22H22FNO3. The van der Waals surface area contributed by atoms with Gasteiger partial charge in [-0.25, -0.2) is 9.18 Å². The summed E-state index contributed by atoms with van der Waals surface area (Å²) in [4.78, 5) is 25.5. The van der Waals surface area contributed by atoms with Crippen LogP contribution in [0.25, 0.3) is 6.08 Å². The average Bonchev–Trinajstić information content (AvgIpc) is 2.67. The smallest absolute Gasteiger partial charge is 0.335 e. The van der Waals surface area contributed by atoms with E-state index >= 15 is 0 Å². The van der Waals surface area contributed by atoms with Crippen molar-refractivity contribution in [1.29, 1.82) is 0 Å². The number of carbonyl (C=O) groups is 2. The second-order valence-electron chi connectivity index (χ2n) is 6.70. The number of benzene rings is 2. The van der Waals surface area contributed by atoms with Crippen molar-refractivity contribution in [2.24, 2.45) is 0 Å². The van der Waals surface area contributed by atoms with E-state index in [0.717, 1.165) is 18.4 Å². The van der Waals surface area contributed by atoms with Crippen LogP contribution in [0.3, 0.4) is 0 Å². The van der Waals surface area contributed by atoms with E-state index < -0.39 is 5.97 Å². The maximum atomic E-state index is 13.3. The van der Waals surface area contributed by atoms with E-state index in [2.05, 4.69) is 0 Å². The molecule has 1 N–H and O–H groups in total. The summed E-state index contributed by atoms with van der Waals surface area (Å²) in [5.74, 6) is -1.18. The lowest BCUT2D eigenvalue weighted by Crippen LogP contribution is -2.36. The van der Waals surface area contributed by atoms with Gasteiger partial charge >= 0.3 is 5.97 Å². The molecule has 140 valence electrons. The highest BCUT2D eigenvalue weighted by molar-refractivity contribution is 5.89. The summed E-state index contributed by atoms with van der Waals surface area (Å²) in [6.07, 6.45) is 4.26. The van der Waals surface area contributed by atoms with E-state index in [1.807, 2.05) is 17.0 Å². The number of piperidine rings is 1. The third kappa shape index (κ3) is 5.03. The van der Waals surface area contributed by atoms with Crippen molar-refractivity contribution in [3.8, 4) is 0 Å². The van der Waals surface area contributed by atoms with Crippen LogP contribution in [0.1, 0.15) is 40.7 Å². The molecule has 0 spiro atoms. The van der Waals surface area contributed by atoms with E-state index in [4.69, 9.17) is 0 Å². The highest BCUT2D eigenvalue weighted by Crippen LogP contribution is 2.21. The Morgan fingerprint density at radius 1 is 1.07 bits per heavy atom. The van der Waals surface area contributed by atoms with Crippen LogP contribution in [0.4, 0.5) is 4.39 Å². The first kappa shape index (κ1) is 18.8. The molecule has 0 unspecified atom stereocenters. The van der Waals surface area contributed by atoms with Crippen LogP contribution in [-0.2, 0) is 11.2 Å². The molecule has 3 rings (SSSR count). The molecule has 0 atom stereocenters. The number of likely N-dealkylation sites (tertiary alicyclic amines) is 1. The van der Waals surface area contributed by atoms with E-state index in [-0.39, 0.29) is 17.3 Å². The van der Waals surface area contributed by atoms with Gasteiger partial charge in [-0.05, 0) is 48.6 Å². The molecule has 2 aromatic carbocycles. The monoisotopic (exact) mass is 367 g/mol. The Bertz CT molecular complexity index is 865. The summed E-state index contributed by atoms with van der Waals surface area (Å²) in [5, 5.41) is 9.22. The molecule has 1 saturated heterocycles. The first-order chi connectivity index (χ1) is 13.0. The van der Waals surface area contributed by atoms with Crippen molar-refractivity contribution in [2.75, 3.05) is 13.1 Å². The van der Waals surface area contributed by atoms with Gasteiger partial charge in [0.05, 0.1) is 5.56 Å². The van der Waals surface area contributed by atoms with Gasteiger partial charge in [-0.3, -0.25) is 4.79 Å². The largest absolute Gasteiger partial charge is 0.478 e. The highest BCUT2D eigenvalue weighted by Gasteiger charge is 2.19. The predicted octanol–water partition coefficient (Wildman–Crippen LogP) is 4.16. The molecule has 0 bridgehead atoms.